The third-order valence-electron chi connectivity index (χ3n) is 2.31. The molecule has 0 bridgehead atoms. The normalized spacial score (nSPS) is 17.5. The molecule has 0 nitrogen and oxygen atoms in total. The molecule has 1 aliphatic carbocycles. The maximum absolute atomic E-state index is 6.05. The Bertz CT molecular complexity index is 290. The van der Waals surface area contributed by atoms with Gasteiger partial charge in [0, 0.05) is 0 Å². The van der Waals surface area contributed by atoms with E-state index in [0.29, 0.717) is 10.9 Å². The highest BCUT2D eigenvalue weighted by molar-refractivity contribution is 6.42. The Morgan fingerprint density at radius 2 is 2.00 bits per heavy atom. The van der Waals surface area contributed by atoms with Gasteiger partial charge < -0.3 is 0 Å². The second-order valence-corrected chi connectivity index (χ2v) is 3.85. The van der Waals surface area contributed by atoms with Gasteiger partial charge in [-0.1, -0.05) is 35.3 Å². The largest absolute Gasteiger partial charge is 0.0827 e. The first-order valence-corrected chi connectivity index (χ1v) is 4.82. The SMILES string of the molecule is Clc1cccc(C2[CH]CC2)c1Cl. The Labute approximate surface area is 82.5 Å². The van der Waals surface area contributed by atoms with Crippen LogP contribution >= 0.6 is 23.2 Å². The lowest BCUT2D eigenvalue weighted by molar-refractivity contribution is 0.554. The van der Waals surface area contributed by atoms with Gasteiger partial charge in [0.25, 0.3) is 0 Å². The molecule has 0 saturated heterocycles. The van der Waals surface area contributed by atoms with Crippen molar-refractivity contribution in [3.63, 3.8) is 0 Å². The smallest absolute Gasteiger partial charge is 0.0627 e. The van der Waals surface area contributed by atoms with Gasteiger partial charge in [0.1, 0.15) is 0 Å². The zero-order valence-electron chi connectivity index (χ0n) is 6.56. The van der Waals surface area contributed by atoms with Crippen LogP contribution in [0.2, 0.25) is 10.0 Å². The van der Waals surface area contributed by atoms with E-state index in [2.05, 4.69) is 12.5 Å². The first-order valence-electron chi connectivity index (χ1n) is 4.06. The molecule has 12 heavy (non-hydrogen) atoms. The van der Waals surface area contributed by atoms with Crippen LogP contribution in [0, 0.1) is 6.42 Å². The zero-order chi connectivity index (χ0) is 8.55. The summed E-state index contributed by atoms with van der Waals surface area (Å²) in [4.78, 5) is 0. The number of rotatable bonds is 1. The molecule has 1 fully saturated rings. The molecule has 2 rings (SSSR count). The molecule has 2 heteroatoms. The summed E-state index contributed by atoms with van der Waals surface area (Å²) in [5.41, 5.74) is 1.18. The summed E-state index contributed by atoms with van der Waals surface area (Å²) < 4.78 is 0. The minimum atomic E-state index is 0.538. The third kappa shape index (κ3) is 1.34. The van der Waals surface area contributed by atoms with Gasteiger partial charge in [-0.15, -0.1) is 0 Å². The second kappa shape index (κ2) is 3.27. The van der Waals surface area contributed by atoms with Crippen LogP contribution in [0.15, 0.2) is 18.2 Å². The molecule has 0 aromatic heterocycles. The molecule has 1 saturated carbocycles. The fourth-order valence-electron chi connectivity index (χ4n) is 1.42. The van der Waals surface area contributed by atoms with Crippen molar-refractivity contribution in [2.24, 2.45) is 0 Å². The summed E-state index contributed by atoms with van der Waals surface area (Å²) in [6.07, 6.45) is 4.69. The molecule has 1 aromatic carbocycles. The van der Waals surface area contributed by atoms with Crippen LogP contribution in [0.4, 0.5) is 0 Å². The Kier molecular flexibility index (Phi) is 2.29. The van der Waals surface area contributed by atoms with Crippen LogP contribution in [0.3, 0.4) is 0 Å². The first-order chi connectivity index (χ1) is 5.79. The Morgan fingerprint density at radius 3 is 2.58 bits per heavy atom. The first kappa shape index (κ1) is 8.40. The Hall–Kier alpha value is -0.200. The molecular weight excluding hydrogens is 191 g/mol. The van der Waals surface area contributed by atoms with Crippen molar-refractivity contribution in [3.05, 3.63) is 40.2 Å². The summed E-state index contributed by atoms with van der Waals surface area (Å²) in [6.45, 7) is 0. The van der Waals surface area contributed by atoms with E-state index in [-0.39, 0.29) is 0 Å². The maximum atomic E-state index is 6.05. The summed E-state index contributed by atoms with van der Waals surface area (Å²) in [7, 11) is 0. The van der Waals surface area contributed by atoms with Gasteiger partial charge in [0.2, 0.25) is 0 Å². The summed E-state index contributed by atoms with van der Waals surface area (Å²) in [5, 5.41) is 1.38. The molecule has 1 radical (unpaired) electrons. The van der Waals surface area contributed by atoms with Crippen molar-refractivity contribution in [1.29, 1.82) is 0 Å². The molecule has 1 aromatic rings. The zero-order valence-corrected chi connectivity index (χ0v) is 8.07. The molecule has 0 heterocycles. The average Bonchev–Trinajstić information content (AvgIpc) is 1.95. The minimum absolute atomic E-state index is 0.538. The van der Waals surface area contributed by atoms with Crippen LogP contribution in [0.1, 0.15) is 24.3 Å². The molecule has 1 atom stereocenters. The lowest BCUT2D eigenvalue weighted by atomic mass is 9.80. The number of halogens is 2. The number of benzene rings is 1. The van der Waals surface area contributed by atoms with Crippen LogP contribution in [0.25, 0.3) is 0 Å². The number of hydrogen-bond acceptors (Lipinski definition) is 0. The van der Waals surface area contributed by atoms with E-state index in [4.69, 9.17) is 23.2 Å². The van der Waals surface area contributed by atoms with Crippen LogP contribution in [-0.2, 0) is 0 Å². The summed E-state index contributed by atoms with van der Waals surface area (Å²) >= 11 is 11.9. The third-order valence-corrected chi connectivity index (χ3v) is 3.14. The van der Waals surface area contributed by atoms with E-state index < -0.39 is 0 Å². The molecule has 0 N–H and O–H groups in total. The Morgan fingerprint density at radius 1 is 1.25 bits per heavy atom. The van der Waals surface area contributed by atoms with Crippen molar-refractivity contribution in [1.82, 2.24) is 0 Å². The minimum Gasteiger partial charge on any atom is -0.0827 e. The molecule has 0 spiro atoms. The van der Waals surface area contributed by atoms with Crippen LogP contribution < -0.4 is 0 Å². The van der Waals surface area contributed by atoms with Gasteiger partial charge in [-0.25, -0.2) is 0 Å². The second-order valence-electron chi connectivity index (χ2n) is 3.06. The van der Waals surface area contributed by atoms with Gasteiger partial charge in [-0.3, -0.25) is 0 Å². The van der Waals surface area contributed by atoms with Crippen LogP contribution in [0.5, 0.6) is 0 Å². The molecule has 0 amide bonds. The van der Waals surface area contributed by atoms with Crippen LogP contribution in [-0.4, -0.2) is 0 Å². The molecule has 0 aliphatic heterocycles. The van der Waals surface area contributed by atoms with Crippen molar-refractivity contribution in [2.45, 2.75) is 18.8 Å². The van der Waals surface area contributed by atoms with Gasteiger partial charge in [0.05, 0.1) is 10.0 Å². The fraction of sp³-hybridized carbons (Fsp3) is 0.300. The van der Waals surface area contributed by atoms with E-state index in [1.807, 2.05) is 12.1 Å². The monoisotopic (exact) mass is 199 g/mol. The van der Waals surface area contributed by atoms with Crippen molar-refractivity contribution in [3.8, 4) is 0 Å². The maximum Gasteiger partial charge on any atom is 0.0627 e. The van der Waals surface area contributed by atoms with Crippen molar-refractivity contribution < 1.29 is 0 Å². The highest BCUT2D eigenvalue weighted by atomic mass is 35.5. The quantitative estimate of drug-likeness (QED) is 0.640. The highest BCUT2D eigenvalue weighted by Crippen LogP contribution is 2.40. The predicted molar refractivity (Wildman–Crippen MR) is 52.7 cm³/mol. The molecular formula is C10H9Cl2. The van der Waals surface area contributed by atoms with E-state index in [1.54, 1.807) is 0 Å². The average molecular weight is 200 g/mol. The van der Waals surface area contributed by atoms with Gasteiger partial charge in [0.15, 0.2) is 0 Å². The van der Waals surface area contributed by atoms with Gasteiger partial charge in [-0.2, -0.15) is 0 Å². The van der Waals surface area contributed by atoms with E-state index in [1.165, 1.54) is 18.4 Å². The topological polar surface area (TPSA) is 0 Å². The fourth-order valence-corrected chi connectivity index (χ4v) is 1.87. The van der Waals surface area contributed by atoms with Crippen molar-refractivity contribution in [2.75, 3.05) is 0 Å². The summed E-state index contributed by atoms with van der Waals surface area (Å²) in [5.74, 6) is 0.538. The molecule has 1 aliphatic rings. The van der Waals surface area contributed by atoms with Gasteiger partial charge >= 0.3 is 0 Å². The molecule has 1 unspecified atom stereocenters. The lowest BCUT2D eigenvalue weighted by Gasteiger charge is -2.26. The predicted octanol–water partition coefficient (Wildman–Crippen LogP) is 4.08. The van der Waals surface area contributed by atoms with Crippen molar-refractivity contribution >= 4 is 23.2 Å². The standard InChI is InChI=1S/C10H9Cl2/c11-9-6-2-5-8(10(9)12)7-3-1-4-7/h2-3,5-7H,1,4H2. The molecule has 63 valence electrons. The van der Waals surface area contributed by atoms with E-state index in [9.17, 15) is 0 Å². The number of hydrogen-bond donors (Lipinski definition) is 0. The van der Waals surface area contributed by atoms with E-state index >= 15 is 0 Å². The van der Waals surface area contributed by atoms with Gasteiger partial charge in [-0.05, 0) is 36.8 Å². The van der Waals surface area contributed by atoms with E-state index in [0.717, 1.165) is 5.02 Å². The lowest BCUT2D eigenvalue weighted by Crippen LogP contribution is -2.10. The Balaban J connectivity index is 2.36. The summed E-state index contributed by atoms with van der Waals surface area (Å²) in [6, 6.07) is 5.83. The highest BCUT2D eigenvalue weighted by Gasteiger charge is 2.22.